The van der Waals surface area contributed by atoms with Gasteiger partial charge in [-0.2, -0.15) is 0 Å². The van der Waals surface area contributed by atoms with Crippen LogP contribution >= 0.6 is 0 Å². The number of hydrogen-bond donors (Lipinski definition) is 1. The Kier molecular flexibility index (Phi) is 7.38. The molecule has 0 unspecified atom stereocenters. The van der Waals surface area contributed by atoms with Crippen LogP contribution in [0.5, 0.6) is 11.8 Å². The first-order valence-corrected chi connectivity index (χ1v) is 10.9. The third kappa shape index (κ3) is 6.72. The predicted octanol–water partition coefficient (Wildman–Crippen LogP) is 3.51. The largest absolute Gasteiger partial charge is 0.573 e. The zero-order valence-corrected chi connectivity index (χ0v) is 18.9. The van der Waals surface area contributed by atoms with E-state index in [-0.39, 0.29) is 30.0 Å². The molecule has 3 aromatic rings. The number of nitro groups is 1. The molecule has 0 spiro atoms. The zero-order valence-electron chi connectivity index (χ0n) is 18.9. The molecule has 36 heavy (non-hydrogen) atoms. The maximum Gasteiger partial charge on any atom is 0.573 e. The molecule has 0 saturated carbocycles. The molecule has 0 atom stereocenters. The van der Waals surface area contributed by atoms with Gasteiger partial charge in [0.05, 0.1) is 0 Å². The van der Waals surface area contributed by atoms with Crippen LogP contribution < -0.4 is 14.8 Å². The standard InChI is InChI=1S/C23H22F3N5O5/c24-23(25,26)36-19-7-3-16(4-8-19)13-27-21(32)18-5-1-17(2-6-18)14-29-9-10-30-15-20(31(33)34)28-22(30)35-12-11-29/h1-8,15H,9-14H2,(H,27,32). The minimum Gasteiger partial charge on any atom is -0.444 e. The van der Waals surface area contributed by atoms with Gasteiger partial charge in [-0.15, -0.1) is 13.2 Å². The average Bonchev–Trinajstić information content (AvgIpc) is 3.22. The van der Waals surface area contributed by atoms with E-state index < -0.39 is 11.3 Å². The van der Waals surface area contributed by atoms with Gasteiger partial charge in [0.2, 0.25) is 0 Å². The van der Waals surface area contributed by atoms with Crippen LogP contribution in [0.4, 0.5) is 19.0 Å². The molecular weight excluding hydrogens is 483 g/mol. The quantitative estimate of drug-likeness (QED) is 0.386. The van der Waals surface area contributed by atoms with E-state index in [9.17, 15) is 28.1 Å². The first-order chi connectivity index (χ1) is 17.2. The Labute approximate surface area is 203 Å². The summed E-state index contributed by atoms with van der Waals surface area (Å²) in [6, 6.07) is 12.6. The lowest BCUT2D eigenvalue weighted by atomic mass is 10.1. The fourth-order valence-electron chi connectivity index (χ4n) is 3.65. The Morgan fingerprint density at radius 3 is 2.44 bits per heavy atom. The van der Waals surface area contributed by atoms with Gasteiger partial charge in [0, 0.05) is 43.3 Å². The molecule has 4 rings (SSSR count). The Morgan fingerprint density at radius 2 is 1.78 bits per heavy atom. The van der Waals surface area contributed by atoms with Crippen molar-refractivity contribution < 1.29 is 32.4 Å². The Hall–Kier alpha value is -4.13. The second-order valence-corrected chi connectivity index (χ2v) is 8.03. The Balaban J connectivity index is 1.27. The molecule has 1 amide bonds. The first-order valence-electron chi connectivity index (χ1n) is 10.9. The number of halogens is 3. The number of alkyl halides is 3. The molecule has 0 aliphatic carbocycles. The number of imidazole rings is 1. The summed E-state index contributed by atoms with van der Waals surface area (Å²) in [4.78, 5) is 28.8. The maximum atomic E-state index is 12.5. The molecule has 190 valence electrons. The van der Waals surface area contributed by atoms with Crippen molar-refractivity contribution in [2.24, 2.45) is 0 Å². The van der Waals surface area contributed by atoms with Crippen LogP contribution in [-0.4, -0.2) is 51.3 Å². The van der Waals surface area contributed by atoms with Crippen molar-refractivity contribution in [3.63, 3.8) is 0 Å². The van der Waals surface area contributed by atoms with Crippen LogP contribution in [-0.2, 0) is 19.6 Å². The number of amides is 1. The second-order valence-electron chi connectivity index (χ2n) is 8.03. The molecular formula is C23H22F3N5O5. The number of nitrogens with one attached hydrogen (secondary N) is 1. The molecule has 1 aliphatic heterocycles. The van der Waals surface area contributed by atoms with E-state index in [1.165, 1.54) is 30.5 Å². The molecule has 13 heteroatoms. The lowest BCUT2D eigenvalue weighted by Crippen LogP contribution is -2.33. The van der Waals surface area contributed by atoms with E-state index in [2.05, 4.69) is 19.9 Å². The van der Waals surface area contributed by atoms with Crippen molar-refractivity contribution >= 4 is 11.7 Å². The lowest BCUT2D eigenvalue weighted by Gasteiger charge is -2.24. The third-order valence-electron chi connectivity index (χ3n) is 5.44. The van der Waals surface area contributed by atoms with Crippen LogP contribution in [0.2, 0.25) is 0 Å². The van der Waals surface area contributed by atoms with Gasteiger partial charge in [-0.05, 0) is 40.3 Å². The van der Waals surface area contributed by atoms with Crippen molar-refractivity contribution in [3.05, 3.63) is 81.5 Å². The van der Waals surface area contributed by atoms with Gasteiger partial charge in [-0.25, -0.2) is 0 Å². The number of benzene rings is 2. The van der Waals surface area contributed by atoms with Crippen molar-refractivity contribution in [3.8, 4) is 11.8 Å². The van der Waals surface area contributed by atoms with E-state index in [0.29, 0.717) is 43.9 Å². The van der Waals surface area contributed by atoms with Gasteiger partial charge >= 0.3 is 18.2 Å². The molecule has 1 N–H and O–H groups in total. The molecule has 0 saturated heterocycles. The summed E-state index contributed by atoms with van der Waals surface area (Å²) in [6.07, 6.45) is -3.40. The summed E-state index contributed by atoms with van der Waals surface area (Å²) in [5.41, 5.74) is 2.05. The van der Waals surface area contributed by atoms with Crippen LogP contribution in [0.25, 0.3) is 0 Å². The second kappa shape index (κ2) is 10.6. The molecule has 0 fully saturated rings. The summed E-state index contributed by atoms with van der Waals surface area (Å²) in [7, 11) is 0. The number of hydrogen-bond acceptors (Lipinski definition) is 7. The SMILES string of the molecule is O=C(NCc1ccc(OC(F)(F)F)cc1)c1ccc(CN2CCOc3nc([N+](=O)[O-])cn3CC2)cc1. The fourth-order valence-corrected chi connectivity index (χ4v) is 3.65. The number of fused-ring (bicyclic) bond motifs is 1. The molecule has 10 nitrogen and oxygen atoms in total. The number of carbonyl (C=O) groups is 1. The summed E-state index contributed by atoms with van der Waals surface area (Å²) in [6.45, 7) is 2.81. The highest BCUT2D eigenvalue weighted by atomic mass is 19.4. The van der Waals surface area contributed by atoms with E-state index in [1.54, 1.807) is 16.7 Å². The van der Waals surface area contributed by atoms with E-state index >= 15 is 0 Å². The van der Waals surface area contributed by atoms with Gasteiger partial charge < -0.3 is 24.9 Å². The van der Waals surface area contributed by atoms with Gasteiger partial charge in [0.15, 0.2) is 0 Å². The summed E-state index contributed by atoms with van der Waals surface area (Å²) < 4.78 is 47.7. The number of nitrogens with zero attached hydrogens (tertiary/aromatic N) is 4. The van der Waals surface area contributed by atoms with Crippen molar-refractivity contribution in [2.45, 2.75) is 26.0 Å². The van der Waals surface area contributed by atoms with Crippen molar-refractivity contribution in [1.82, 2.24) is 19.8 Å². The molecule has 2 heterocycles. The summed E-state index contributed by atoms with van der Waals surface area (Å²) in [5, 5.41) is 13.7. The highest BCUT2D eigenvalue weighted by Gasteiger charge is 2.31. The van der Waals surface area contributed by atoms with E-state index in [1.807, 2.05) is 12.1 Å². The smallest absolute Gasteiger partial charge is 0.444 e. The predicted molar refractivity (Wildman–Crippen MR) is 120 cm³/mol. The Morgan fingerprint density at radius 1 is 1.08 bits per heavy atom. The van der Waals surface area contributed by atoms with Crippen molar-refractivity contribution in [2.75, 3.05) is 19.7 Å². The fraction of sp³-hybridized carbons (Fsp3) is 0.304. The minimum absolute atomic E-state index is 0.148. The molecule has 2 aromatic carbocycles. The number of aromatic nitrogens is 2. The lowest BCUT2D eigenvalue weighted by molar-refractivity contribution is -0.389. The van der Waals surface area contributed by atoms with E-state index in [0.717, 1.165) is 5.56 Å². The summed E-state index contributed by atoms with van der Waals surface area (Å²) in [5.74, 6) is -0.891. The molecule has 1 aliphatic rings. The van der Waals surface area contributed by atoms with E-state index in [4.69, 9.17) is 4.74 Å². The molecule has 0 bridgehead atoms. The third-order valence-corrected chi connectivity index (χ3v) is 5.44. The van der Waals surface area contributed by atoms with Crippen LogP contribution in [0, 0.1) is 10.1 Å². The van der Waals surface area contributed by atoms with Crippen molar-refractivity contribution in [1.29, 1.82) is 0 Å². The monoisotopic (exact) mass is 505 g/mol. The van der Waals surface area contributed by atoms with Gasteiger partial charge in [-0.1, -0.05) is 24.3 Å². The maximum absolute atomic E-state index is 12.5. The van der Waals surface area contributed by atoms with Crippen LogP contribution in [0.3, 0.4) is 0 Å². The molecule has 1 aromatic heterocycles. The Bertz CT molecular complexity index is 1210. The average molecular weight is 505 g/mol. The topological polar surface area (TPSA) is 112 Å². The highest BCUT2D eigenvalue weighted by molar-refractivity contribution is 5.94. The molecule has 0 radical (unpaired) electrons. The highest BCUT2D eigenvalue weighted by Crippen LogP contribution is 2.23. The van der Waals surface area contributed by atoms with Gasteiger partial charge in [0.1, 0.15) is 18.6 Å². The van der Waals surface area contributed by atoms with Gasteiger partial charge in [-0.3, -0.25) is 14.3 Å². The van der Waals surface area contributed by atoms with Crippen LogP contribution in [0.1, 0.15) is 21.5 Å². The normalized spacial score (nSPS) is 14.2. The first kappa shape index (κ1) is 25.0. The minimum atomic E-state index is -4.76. The summed E-state index contributed by atoms with van der Waals surface area (Å²) >= 11 is 0. The number of carbonyl (C=O) groups excluding carboxylic acids is 1. The van der Waals surface area contributed by atoms with Gasteiger partial charge in [0.25, 0.3) is 5.91 Å². The number of rotatable bonds is 7. The number of ether oxygens (including phenoxy) is 2. The zero-order chi connectivity index (χ0) is 25.7. The van der Waals surface area contributed by atoms with Crippen LogP contribution in [0.15, 0.2) is 54.7 Å².